The molecule has 5 heteroatoms. The van der Waals surface area contributed by atoms with Crippen molar-refractivity contribution < 1.29 is 0 Å². The molecule has 0 radical (unpaired) electrons. The van der Waals surface area contributed by atoms with Crippen LogP contribution in [-0.2, 0) is 13.1 Å². The summed E-state index contributed by atoms with van der Waals surface area (Å²) in [6.07, 6.45) is 2.04. The Morgan fingerprint density at radius 1 is 1.47 bits per heavy atom. The fourth-order valence-corrected chi connectivity index (χ4v) is 2.24. The molecule has 1 rings (SSSR count). The highest BCUT2D eigenvalue weighted by molar-refractivity contribution is 9.10. The molecule has 0 bridgehead atoms. The van der Waals surface area contributed by atoms with Crippen LogP contribution in [-0.4, -0.2) is 21.7 Å². The van der Waals surface area contributed by atoms with Gasteiger partial charge in [-0.15, -0.1) is 11.6 Å². The predicted octanol–water partition coefficient (Wildman–Crippen LogP) is 3.47. The van der Waals surface area contributed by atoms with Crippen molar-refractivity contribution in [1.29, 1.82) is 0 Å². The largest absolute Gasteiger partial charge is 0.311 e. The highest BCUT2D eigenvalue weighted by Crippen LogP contribution is 2.20. The summed E-state index contributed by atoms with van der Waals surface area (Å²) in [6, 6.07) is 0. The van der Waals surface area contributed by atoms with Crippen molar-refractivity contribution in [3.8, 4) is 0 Å². The van der Waals surface area contributed by atoms with Gasteiger partial charge in [-0.2, -0.15) is 5.10 Å². The smallest absolute Gasteiger partial charge is 0.0739 e. The first-order valence-corrected chi connectivity index (χ1v) is 7.39. The minimum Gasteiger partial charge on any atom is -0.311 e. The van der Waals surface area contributed by atoms with Crippen LogP contribution in [0.1, 0.15) is 38.1 Å². The summed E-state index contributed by atoms with van der Waals surface area (Å²) < 4.78 is 3.15. The molecule has 1 aromatic rings. The Kier molecular flexibility index (Phi) is 6.52. The normalized spacial score (nSPS) is 13.0. The lowest BCUT2D eigenvalue weighted by atomic mass is 10.2. The summed E-state index contributed by atoms with van der Waals surface area (Å²) in [5.41, 5.74) is 2.26. The van der Waals surface area contributed by atoms with Crippen molar-refractivity contribution in [2.75, 3.05) is 6.54 Å². The number of nitrogens with one attached hydrogen (secondary N) is 1. The van der Waals surface area contributed by atoms with E-state index in [1.165, 1.54) is 5.69 Å². The maximum Gasteiger partial charge on any atom is 0.0739 e. The summed E-state index contributed by atoms with van der Waals surface area (Å²) >= 11 is 9.66. The molecule has 0 fully saturated rings. The lowest BCUT2D eigenvalue weighted by Gasteiger charge is -2.09. The van der Waals surface area contributed by atoms with E-state index in [2.05, 4.69) is 40.2 Å². The zero-order chi connectivity index (χ0) is 12.8. The van der Waals surface area contributed by atoms with Gasteiger partial charge in [-0.25, -0.2) is 0 Å². The second kappa shape index (κ2) is 7.39. The van der Waals surface area contributed by atoms with E-state index in [4.69, 9.17) is 11.6 Å². The van der Waals surface area contributed by atoms with E-state index in [-0.39, 0.29) is 5.38 Å². The Bertz CT molecular complexity index is 352. The maximum atomic E-state index is 6.07. The van der Waals surface area contributed by atoms with Crippen LogP contribution in [0.2, 0.25) is 0 Å². The molecule has 0 saturated heterocycles. The monoisotopic (exact) mass is 321 g/mol. The molecule has 1 aromatic heterocycles. The molecule has 1 atom stereocenters. The van der Waals surface area contributed by atoms with Crippen LogP contribution >= 0.6 is 27.5 Å². The Balaban J connectivity index is 2.46. The highest BCUT2D eigenvalue weighted by Gasteiger charge is 2.11. The van der Waals surface area contributed by atoms with E-state index in [1.54, 1.807) is 0 Å². The van der Waals surface area contributed by atoms with Crippen LogP contribution in [0.5, 0.6) is 0 Å². The van der Waals surface area contributed by atoms with Gasteiger partial charge < -0.3 is 5.32 Å². The zero-order valence-corrected chi connectivity index (χ0v) is 13.1. The average molecular weight is 323 g/mol. The fraction of sp³-hybridized carbons (Fsp3) is 0.750. The van der Waals surface area contributed by atoms with Gasteiger partial charge in [0.15, 0.2) is 0 Å². The third-order valence-electron chi connectivity index (χ3n) is 2.82. The Hall–Kier alpha value is -0.0600. The van der Waals surface area contributed by atoms with E-state index < -0.39 is 0 Å². The Morgan fingerprint density at radius 2 is 2.18 bits per heavy atom. The molecule has 1 heterocycles. The highest BCUT2D eigenvalue weighted by atomic mass is 79.9. The van der Waals surface area contributed by atoms with Crippen molar-refractivity contribution in [1.82, 2.24) is 15.1 Å². The number of aromatic nitrogens is 2. The van der Waals surface area contributed by atoms with Gasteiger partial charge in [0, 0.05) is 18.5 Å². The molecule has 0 aliphatic heterocycles. The second-order valence-electron chi connectivity index (χ2n) is 4.13. The van der Waals surface area contributed by atoms with E-state index in [1.807, 2.05) is 11.6 Å². The molecule has 0 saturated carbocycles. The maximum absolute atomic E-state index is 6.07. The predicted molar refractivity (Wildman–Crippen MR) is 76.6 cm³/mol. The molecule has 0 aliphatic rings. The van der Waals surface area contributed by atoms with Crippen molar-refractivity contribution in [2.45, 2.75) is 52.1 Å². The van der Waals surface area contributed by atoms with E-state index in [0.717, 1.165) is 42.6 Å². The minimum atomic E-state index is 0.281. The average Bonchev–Trinajstić information content (AvgIpc) is 2.61. The number of hydrogen-bond acceptors (Lipinski definition) is 2. The van der Waals surface area contributed by atoms with Gasteiger partial charge in [0.2, 0.25) is 0 Å². The first kappa shape index (κ1) is 15.0. The Labute approximate surface area is 117 Å². The van der Waals surface area contributed by atoms with Crippen LogP contribution in [0.3, 0.4) is 0 Å². The van der Waals surface area contributed by atoms with Crippen molar-refractivity contribution in [3.05, 3.63) is 15.9 Å². The fourth-order valence-electron chi connectivity index (χ4n) is 1.71. The quantitative estimate of drug-likeness (QED) is 0.615. The van der Waals surface area contributed by atoms with Gasteiger partial charge in [-0.3, -0.25) is 4.68 Å². The first-order chi connectivity index (χ1) is 8.10. The van der Waals surface area contributed by atoms with E-state index in [9.17, 15) is 0 Å². The molecule has 1 unspecified atom stereocenters. The molecule has 0 spiro atoms. The van der Waals surface area contributed by atoms with Gasteiger partial charge >= 0.3 is 0 Å². The summed E-state index contributed by atoms with van der Waals surface area (Å²) in [5, 5.41) is 8.16. The summed E-state index contributed by atoms with van der Waals surface area (Å²) in [6.45, 7) is 8.92. The lowest BCUT2D eigenvalue weighted by Crippen LogP contribution is -2.20. The number of halogens is 2. The lowest BCUT2D eigenvalue weighted by molar-refractivity contribution is 0.563. The number of hydrogen-bond donors (Lipinski definition) is 1. The van der Waals surface area contributed by atoms with Crippen LogP contribution in [0.25, 0.3) is 0 Å². The molecule has 0 aliphatic carbocycles. The number of alkyl halides is 1. The first-order valence-electron chi connectivity index (χ1n) is 6.16. The summed E-state index contributed by atoms with van der Waals surface area (Å²) in [4.78, 5) is 0. The molecule has 0 aromatic carbocycles. The summed E-state index contributed by atoms with van der Waals surface area (Å²) in [7, 11) is 0. The molecule has 0 amide bonds. The van der Waals surface area contributed by atoms with E-state index >= 15 is 0 Å². The third kappa shape index (κ3) is 4.27. The number of nitrogens with zero attached hydrogens (tertiary/aromatic N) is 2. The number of rotatable bonds is 7. The SMILES string of the molecule is CCC(Cl)CCNCc1c(Br)c(C)nn1CC. The molecule has 17 heavy (non-hydrogen) atoms. The van der Waals surface area contributed by atoms with Crippen molar-refractivity contribution in [3.63, 3.8) is 0 Å². The second-order valence-corrected chi connectivity index (χ2v) is 5.54. The standard InChI is InChI=1S/C12H21BrClN3/c1-4-10(14)6-7-15-8-11-12(13)9(3)16-17(11)5-2/h10,15H,4-8H2,1-3H3. The van der Waals surface area contributed by atoms with Crippen molar-refractivity contribution in [2.24, 2.45) is 0 Å². The Morgan fingerprint density at radius 3 is 2.76 bits per heavy atom. The number of aryl methyl sites for hydroxylation is 2. The van der Waals surface area contributed by atoms with Crippen LogP contribution in [0.4, 0.5) is 0 Å². The van der Waals surface area contributed by atoms with E-state index in [0.29, 0.717) is 0 Å². The van der Waals surface area contributed by atoms with Gasteiger partial charge in [-0.1, -0.05) is 6.92 Å². The topological polar surface area (TPSA) is 29.9 Å². The molecule has 1 N–H and O–H groups in total. The summed E-state index contributed by atoms with van der Waals surface area (Å²) in [5.74, 6) is 0. The van der Waals surface area contributed by atoms with Crippen molar-refractivity contribution >= 4 is 27.5 Å². The van der Waals surface area contributed by atoms with Gasteiger partial charge in [0.25, 0.3) is 0 Å². The third-order valence-corrected chi connectivity index (χ3v) is 4.38. The molecular weight excluding hydrogens is 302 g/mol. The van der Waals surface area contributed by atoms with Gasteiger partial charge in [0.1, 0.15) is 0 Å². The van der Waals surface area contributed by atoms with Crippen LogP contribution in [0, 0.1) is 6.92 Å². The van der Waals surface area contributed by atoms with Crippen LogP contribution in [0.15, 0.2) is 4.47 Å². The minimum absolute atomic E-state index is 0.281. The van der Waals surface area contributed by atoms with Gasteiger partial charge in [-0.05, 0) is 49.2 Å². The zero-order valence-electron chi connectivity index (χ0n) is 10.8. The molecule has 3 nitrogen and oxygen atoms in total. The molecule has 98 valence electrons. The van der Waals surface area contributed by atoms with Crippen LogP contribution < -0.4 is 5.32 Å². The van der Waals surface area contributed by atoms with Gasteiger partial charge in [0.05, 0.1) is 15.9 Å². The molecular formula is C12H21BrClN3.